The van der Waals surface area contributed by atoms with Crippen molar-refractivity contribution in [2.75, 3.05) is 18.0 Å². The fourth-order valence-electron chi connectivity index (χ4n) is 4.89. The molecule has 0 heterocycles. The third-order valence-electron chi connectivity index (χ3n) is 7.34. The Balaban J connectivity index is 1.64. The summed E-state index contributed by atoms with van der Waals surface area (Å²) >= 11 is 11.5. The average Bonchev–Trinajstić information content (AvgIpc) is 3.07. The van der Waals surface area contributed by atoms with Crippen molar-refractivity contribution >= 4 is 58.3 Å². The minimum Gasteiger partial charge on any atom is -0.479 e. The van der Waals surface area contributed by atoms with Crippen molar-refractivity contribution in [1.29, 1.82) is 5.26 Å². The number of carboxylic acid groups (broad SMARTS) is 1. The number of carbonyl (C=O) groups is 2. The van der Waals surface area contributed by atoms with E-state index in [2.05, 4.69) is 39.9 Å². The maximum Gasteiger partial charge on any atom is 0.334 e. The highest BCUT2D eigenvalue weighted by Gasteiger charge is 2.20. The second kappa shape index (κ2) is 16.5. The quantitative estimate of drug-likeness (QED) is 0.0855. The smallest absolute Gasteiger partial charge is 0.334 e. The SMILES string of the molecule is N#CCN=C(NC(C=S)c1ccc(Cl)cc1)N(Cc1ccc(C(=O)NC[C@@H](O)C(=O)O)cc1)c1ccc(C2=CCCCC2)cc1. The van der Waals surface area contributed by atoms with E-state index in [1.54, 1.807) is 41.8 Å². The monoisotopic (exact) mass is 643 g/mol. The highest BCUT2D eigenvalue weighted by atomic mass is 35.5. The summed E-state index contributed by atoms with van der Waals surface area (Å²) in [6.07, 6.45) is 5.12. The molecule has 3 aromatic rings. The Morgan fingerprint density at radius 1 is 1.07 bits per heavy atom. The van der Waals surface area contributed by atoms with E-state index in [-0.39, 0.29) is 6.54 Å². The maximum absolute atomic E-state index is 12.5. The number of halogens is 1. The van der Waals surface area contributed by atoms with Gasteiger partial charge in [0.15, 0.2) is 6.10 Å². The van der Waals surface area contributed by atoms with E-state index in [1.165, 1.54) is 24.0 Å². The number of anilines is 1. The van der Waals surface area contributed by atoms with Gasteiger partial charge < -0.3 is 25.7 Å². The zero-order valence-electron chi connectivity index (χ0n) is 24.5. The summed E-state index contributed by atoms with van der Waals surface area (Å²) in [6, 6.07) is 24.1. The van der Waals surface area contributed by atoms with Crippen molar-refractivity contribution in [1.82, 2.24) is 10.6 Å². The highest BCUT2D eigenvalue weighted by Crippen LogP contribution is 2.29. The first-order chi connectivity index (χ1) is 21.8. The number of aliphatic carboxylic acids is 1. The van der Waals surface area contributed by atoms with Crippen molar-refractivity contribution in [2.45, 2.75) is 44.4 Å². The van der Waals surface area contributed by atoms with Gasteiger partial charge in [-0.15, -0.1) is 0 Å². The van der Waals surface area contributed by atoms with E-state index in [9.17, 15) is 20.0 Å². The lowest BCUT2D eigenvalue weighted by Crippen LogP contribution is -2.43. The van der Waals surface area contributed by atoms with Gasteiger partial charge in [0.25, 0.3) is 5.91 Å². The number of allylic oxidation sites excluding steroid dienone is 2. The number of hydrogen-bond donors (Lipinski definition) is 4. The number of nitrogens with zero attached hydrogens (tertiary/aromatic N) is 3. The van der Waals surface area contributed by atoms with Crippen LogP contribution in [0.1, 0.15) is 58.8 Å². The number of carbonyl (C=O) groups excluding carboxylic acids is 1. The van der Waals surface area contributed by atoms with Crippen LogP contribution in [0.2, 0.25) is 5.02 Å². The normalized spacial score (nSPS) is 14.3. The van der Waals surface area contributed by atoms with E-state index in [0.717, 1.165) is 29.7 Å². The van der Waals surface area contributed by atoms with Crippen LogP contribution in [-0.4, -0.2) is 52.6 Å². The molecule has 1 unspecified atom stereocenters. The number of amides is 1. The molecule has 1 aliphatic carbocycles. The van der Waals surface area contributed by atoms with Gasteiger partial charge in [0.1, 0.15) is 6.54 Å². The number of aliphatic imine (C=N–C) groups is 1. The van der Waals surface area contributed by atoms with Gasteiger partial charge >= 0.3 is 5.97 Å². The molecule has 0 saturated heterocycles. The molecule has 1 amide bonds. The predicted molar refractivity (Wildman–Crippen MR) is 180 cm³/mol. The van der Waals surface area contributed by atoms with Crippen molar-refractivity contribution in [3.63, 3.8) is 0 Å². The number of aliphatic hydroxyl groups excluding tert-OH is 1. The molecular formula is C34H34ClN5O4S. The Morgan fingerprint density at radius 3 is 2.38 bits per heavy atom. The van der Waals surface area contributed by atoms with Gasteiger partial charge in [0.2, 0.25) is 5.96 Å². The number of thiocarbonyl (C=S) groups is 1. The second-order valence-electron chi connectivity index (χ2n) is 10.5. The van der Waals surface area contributed by atoms with Crippen LogP contribution in [0.4, 0.5) is 5.69 Å². The molecule has 2 atom stereocenters. The zero-order valence-corrected chi connectivity index (χ0v) is 26.1. The number of aliphatic hydroxyl groups is 1. The van der Waals surface area contributed by atoms with Crippen LogP contribution >= 0.6 is 23.8 Å². The standard InChI is InChI=1S/C34H34ClN5O4S/c35-28-14-10-26(11-15-28)30(22-45)39-34(37-19-18-36)40(29-16-12-25(13-17-29)24-4-2-1-3-5-24)21-23-6-8-27(9-7-23)32(42)38-20-31(41)33(43)44/h4,6-17,22,30-31,41H,1-3,5,19-21H2,(H,37,39)(H,38,42)(H,43,44)/t30?,31-/m1/s1. The van der Waals surface area contributed by atoms with Crippen LogP contribution in [0, 0.1) is 11.3 Å². The molecule has 0 aromatic heterocycles. The predicted octanol–water partition coefficient (Wildman–Crippen LogP) is 5.69. The lowest BCUT2D eigenvalue weighted by molar-refractivity contribution is -0.146. The molecule has 0 radical (unpaired) electrons. The Labute approximate surface area is 272 Å². The van der Waals surface area contributed by atoms with Gasteiger partial charge in [-0.3, -0.25) is 4.79 Å². The van der Waals surface area contributed by atoms with Crippen LogP contribution in [0.15, 0.2) is 83.9 Å². The van der Waals surface area contributed by atoms with Gasteiger partial charge in [0, 0.05) is 21.6 Å². The minimum atomic E-state index is -1.69. The third-order valence-corrected chi connectivity index (χ3v) is 7.87. The summed E-state index contributed by atoms with van der Waals surface area (Å²) in [5.74, 6) is -1.48. The second-order valence-corrected chi connectivity index (χ2v) is 11.2. The van der Waals surface area contributed by atoms with Crippen LogP contribution in [0.3, 0.4) is 0 Å². The van der Waals surface area contributed by atoms with Gasteiger partial charge in [0.05, 0.1) is 25.2 Å². The summed E-state index contributed by atoms with van der Waals surface area (Å²) < 4.78 is 0. The van der Waals surface area contributed by atoms with Gasteiger partial charge in [-0.1, -0.05) is 66.3 Å². The van der Waals surface area contributed by atoms with E-state index >= 15 is 0 Å². The number of nitriles is 1. The number of nitrogens with one attached hydrogen (secondary N) is 2. The minimum absolute atomic E-state index is 0.0874. The molecule has 9 nitrogen and oxygen atoms in total. The molecule has 4 N–H and O–H groups in total. The molecule has 45 heavy (non-hydrogen) atoms. The Kier molecular flexibility index (Phi) is 12.2. The summed E-state index contributed by atoms with van der Waals surface area (Å²) in [7, 11) is 0. The summed E-state index contributed by atoms with van der Waals surface area (Å²) in [5, 5.41) is 35.8. The number of hydrogen-bond acceptors (Lipinski definition) is 6. The van der Waals surface area contributed by atoms with E-state index < -0.39 is 30.6 Å². The van der Waals surface area contributed by atoms with Crippen molar-refractivity contribution in [2.24, 2.45) is 4.99 Å². The Morgan fingerprint density at radius 2 is 1.78 bits per heavy atom. The molecule has 232 valence electrons. The Hall–Kier alpha value is -4.56. The largest absolute Gasteiger partial charge is 0.479 e. The molecular weight excluding hydrogens is 610 g/mol. The Bertz CT molecular complexity index is 1580. The van der Waals surface area contributed by atoms with Crippen LogP contribution in [0.25, 0.3) is 5.57 Å². The van der Waals surface area contributed by atoms with Crippen LogP contribution < -0.4 is 15.5 Å². The molecule has 0 aliphatic heterocycles. The zero-order chi connectivity index (χ0) is 32.2. The van der Waals surface area contributed by atoms with Crippen molar-refractivity contribution < 1.29 is 19.8 Å². The maximum atomic E-state index is 12.5. The van der Waals surface area contributed by atoms with Gasteiger partial charge in [-0.25, -0.2) is 9.79 Å². The molecule has 11 heteroatoms. The number of guanidine groups is 1. The average molecular weight is 644 g/mol. The van der Waals surface area contributed by atoms with Crippen LogP contribution in [0.5, 0.6) is 0 Å². The van der Waals surface area contributed by atoms with Gasteiger partial charge in [-0.2, -0.15) is 5.26 Å². The summed E-state index contributed by atoms with van der Waals surface area (Å²) in [4.78, 5) is 29.9. The lowest BCUT2D eigenvalue weighted by Gasteiger charge is -2.30. The highest BCUT2D eigenvalue weighted by molar-refractivity contribution is 7.79. The fourth-order valence-corrected chi connectivity index (χ4v) is 5.24. The number of carboxylic acids is 1. The topological polar surface area (TPSA) is 138 Å². The van der Waals surface area contributed by atoms with Crippen molar-refractivity contribution in [3.05, 3.63) is 106 Å². The fraction of sp³-hybridized carbons (Fsp3) is 0.265. The van der Waals surface area contributed by atoms with E-state index in [1.807, 2.05) is 29.2 Å². The summed E-state index contributed by atoms with van der Waals surface area (Å²) in [5.41, 5.74) is 5.37. The lowest BCUT2D eigenvalue weighted by atomic mass is 9.93. The molecule has 0 spiro atoms. The molecule has 3 aromatic carbocycles. The first-order valence-corrected chi connectivity index (χ1v) is 15.4. The number of benzene rings is 3. The molecule has 1 aliphatic rings. The third kappa shape index (κ3) is 9.46. The van der Waals surface area contributed by atoms with E-state index in [0.29, 0.717) is 23.1 Å². The van der Waals surface area contributed by atoms with Crippen LogP contribution in [-0.2, 0) is 11.3 Å². The van der Waals surface area contributed by atoms with Crippen molar-refractivity contribution in [3.8, 4) is 6.07 Å². The van der Waals surface area contributed by atoms with Gasteiger partial charge in [-0.05, 0) is 84.3 Å². The summed E-state index contributed by atoms with van der Waals surface area (Å²) in [6.45, 7) is -0.158. The molecule has 4 rings (SSSR count). The molecule has 0 bridgehead atoms. The molecule has 0 fully saturated rings. The van der Waals surface area contributed by atoms with E-state index in [4.69, 9.17) is 28.9 Å². The number of rotatable bonds is 12. The first-order valence-electron chi connectivity index (χ1n) is 14.5. The first kappa shape index (κ1) is 33.3. The molecule has 0 saturated carbocycles.